The van der Waals surface area contributed by atoms with Crippen LogP contribution in [-0.4, -0.2) is 63.3 Å². The minimum atomic E-state index is 0.0530. The number of ether oxygens (including phenoxy) is 1. The van der Waals surface area contributed by atoms with Crippen LogP contribution in [0.25, 0.3) is 5.69 Å². The molecule has 150 valence electrons. The van der Waals surface area contributed by atoms with E-state index in [1.807, 2.05) is 68.7 Å². The molecule has 1 aliphatic heterocycles. The Hall–Kier alpha value is -2.97. The Labute approximate surface area is 174 Å². The van der Waals surface area contributed by atoms with Crippen LogP contribution in [0.2, 0.25) is 0 Å². The second-order valence-corrected chi connectivity index (χ2v) is 7.26. The number of piperazine rings is 1. The van der Waals surface area contributed by atoms with Crippen molar-refractivity contribution in [1.82, 2.24) is 24.1 Å². The first-order chi connectivity index (χ1) is 14.2. The number of carbonyl (C=O) groups is 1. The highest BCUT2D eigenvalue weighted by atomic mass is 32.1. The standard InChI is InChI=1S/C21H23N5O2S/c1-28-19-9-7-17(8-10-19)20(27)24-13-11-23(12-14-24)16-26-21(29)25(15-22-26)18-5-3-2-4-6-18/h2-10,15H,11-14,16H2,1H3. The molecule has 2 aromatic carbocycles. The molecule has 7 nitrogen and oxygen atoms in total. The van der Waals surface area contributed by atoms with Crippen molar-refractivity contribution < 1.29 is 9.53 Å². The molecule has 2 heterocycles. The number of rotatable bonds is 5. The summed E-state index contributed by atoms with van der Waals surface area (Å²) in [6, 6.07) is 17.2. The predicted octanol–water partition coefficient (Wildman–Crippen LogP) is 2.83. The van der Waals surface area contributed by atoms with Crippen LogP contribution in [0.1, 0.15) is 10.4 Å². The van der Waals surface area contributed by atoms with Crippen LogP contribution < -0.4 is 4.74 Å². The topological polar surface area (TPSA) is 55.5 Å². The van der Waals surface area contributed by atoms with Gasteiger partial charge in [0.05, 0.1) is 13.8 Å². The smallest absolute Gasteiger partial charge is 0.253 e. The van der Waals surface area contributed by atoms with E-state index in [0.717, 1.165) is 24.5 Å². The lowest BCUT2D eigenvalue weighted by Crippen LogP contribution is -2.49. The summed E-state index contributed by atoms with van der Waals surface area (Å²) in [4.78, 5) is 16.9. The fourth-order valence-corrected chi connectivity index (χ4v) is 3.66. The molecule has 0 unspecified atom stereocenters. The molecule has 0 aliphatic carbocycles. The highest BCUT2D eigenvalue weighted by molar-refractivity contribution is 7.71. The molecule has 1 aromatic heterocycles. The Morgan fingerprint density at radius 3 is 2.38 bits per heavy atom. The molecule has 29 heavy (non-hydrogen) atoms. The van der Waals surface area contributed by atoms with Crippen molar-refractivity contribution in [2.45, 2.75) is 6.67 Å². The molecule has 1 fully saturated rings. The van der Waals surface area contributed by atoms with Gasteiger partial charge in [0.2, 0.25) is 4.77 Å². The van der Waals surface area contributed by atoms with Gasteiger partial charge in [-0.15, -0.1) is 0 Å². The number of nitrogens with zero attached hydrogens (tertiary/aromatic N) is 5. The third-order valence-corrected chi connectivity index (χ3v) is 5.51. The van der Waals surface area contributed by atoms with Crippen LogP contribution in [0.4, 0.5) is 0 Å². The normalized spacial score (nSPS) is 14.7. The van der Waals surface area contributed by atoms with Crippen molar-refractivity contribution in [2.75, 3.05) is 33.3 Å². The summed E-state index contributed by atoms with van der Waals surface area (Å²) >= 11 is 5.59. The van der Waals surface area contributed by atoms with Crippen molar-refractivity contribution in [3.63, 3.8) is 0 Å². The van der Waals surface area contributed by atoms with Crippen LogP contribution in [-0.2, 0) is 6.67 Å². The number of carbonyl (C=O) groups excluding carboxylic acids is 1. The first kappa shape index (κ1) is 19.4. The van der Waals surface area contributed by atoms with E-state index in [1.165, 1.54) is 0 Å². The Morgan fingerprint density at radius 2 is 1.72 bits per heavy atom. The molecule has 1 aliphatic rings. The van der Waals surface area contributed by atoms with Gasteiger partial charge in [-0.05, 0) is 48.6 Å². The van der Waals surface area contributed by atoms with Gasteiger partial charge in [0.25, 0.3) is 5.91 Å². The lowest BCUT2D eigenvalue weighted by atomic mass is 10.1. The van der Waals surface area contributed by atoms with Crippen molar-refractivity contribution in [2.24, 2.45) is 0 Å². The zero-order valence-electron chi connectivity index (χ0n) is 16.3. The third-order valence-electron chi connectivity index (χ3n) is 5.10. The van der Waals surface area contributed by atoms with E-state index in [0.29, 0.717) is 30.1 Å². The Kier molecular flexibility index (Phi) is 5.73. The van der Waals surface area contributed by atoms with Crippen LogP contribution in [0.5, 0.6) is 5.75 Å². The summed E-state index contributed by atoms with van der Waals surface area (Å²) in [7, 11) is 1.62. The van der Waals surface area contributed by atoms with Crippen LogP contribution in [0, 0.1) is 4.77 Å². The van der Waals surface area contributed by atoms with E-state index < -0.39 is 0 Å². The zero-order valence-corrected chi connectivity index (χ0v) is 17.1. The molecule has 8 heteroatoms. The summed E-state index contributed by atoms with van der Waals surface area (Å²) in [5.41, 5.74) is 1.68. The van der Waals surface area contributed by atoms with Gasteiger partial charge in [-0.25, -0.2) is 4.68 Å². The summed E-state index contributed by atoms with van der Waals surface area (Å²) in [5, 5.41) is 4.45. The number of benzene rings is 2. The molecule has 0 saturated carbocycles. The van der Waals surface area contributed by atoms with Crippen LogP contribution >= 0.6 is 12.2 Å². The second kappa shape index (κ2) is 8.59. The Morgan fingerprint density at radius 1 is 1.03 bits per heavy atom. The van der Waals surface area contributed by atoms with E-state index in [1.54, 1.807) is 13.4 Å². The van der Waals surface area contributed by atoms with Gasteiger partial charge in [0.15, 0.2) is 0 Å². The second-order valence-electron chi connectivity index (χ2n) is 6.90. The van der Waals surface area contributed by atoms with E-state index in [4.69, 9.17) is 17.0 Å². The third kappa shape index (κ3) is 4.23. The molecule has 0 atom stereocenters. The number of aromatic nitrogens is 3. The number of hydrogen-bond acceptors (Lipinski definition) is 5. The lowest BCUT2D eigenvalue weighted by molar-refractivity contribution is 0.0585. The summed E-state index contributed by atoms with van der Waals surface area (Å²) in [6.45, 7) is 3.53. The maximum absolute atomic E-state index is 12.7. The highest BCUT2D eigenvalue weighted by Gasteiger charge is 2.22. The van der Waals surface area contributed by atoms with Crippen LogP contribution in [0.15, 0.2) is 60.9 Å². The van der Waals surface area contributed by atoms with Crippen LogP contribution in [0.3, 0.4) is 0 Å². The quantitative estimate of drug-likeness (QED) is 0.607. The van der Waals surface area contributed by atoms with Gasteiger partial charge in [-0.3, -0.25) is 14.3 Å². The number of methoxy groups -OCH3 is 1. The highest BCUT2D eigenvalue weighted by Crippen LogP contribution is 2.15. The number of hydrogen-bond donors (Lipinski definition) is 0. The minimum Gasteiger partial charge on any atom is -0.497 e. The number of amides is 1. The van der Waals surface area contributed by atoms with Gasteiger partial charge >= 0.3 is 0 Å². The zero-order chi connectivity index (χ0) is 20.2. The Balaban J connectivity index is 1.36. The lowest BCUT2D eigenvalue weighted by Gasteiger charge is -2.34. The fraction of sp³-hybridized carbons (Fsp3) is 0.286. The molecule has 0 radical (unpaired) electrons. The van der Waals surface area contributed by atoms with E-state index in [2.05, 4.69) is 10.00 Å². The van der Waals surface area contributed by atoms with E-state index in [-0.39, 0.29) is 5.91 Å². The van der Waals surface area contributed by atoms with Crippen molar-refractivity contribution in [1.29, 1.82) is 0 Å². The van der Waals surface area contributed by atoms with Gasteiger partial charge in [0.1, 0.15) is 12.1 Å². The van der Waals surface area contributed by atoms with E-state index >= 15 is 0 Å². The summed E-state index contributed by atoms with van der Waals surface area (Å²) < 4.78 is 9.54. The largest absolute Gasteiger partial charge is 0.497 e. The molecular formula is C21H23N5O2S. The van der Waals surface area contributed by atoms with Crippen molar-refractivity contribution >= 4 is 18.1 Å². The molecular weight excluding hydrogens is 386 g/mol. The fourth-order valence-electron chi connectivity index (χ4n) is 3.40. The maximum Gasteiger partial charge on any atom is 0.253 e. The SMILES string of the molecule is COc1ccc(C(=O)N2CCN(Cn3ncn(-c4ccccc4)c3=S)CC2)cc1. The minimum absolute atomic E-state index is 0.0530. The molecule has 4 rings (SSSR count). The number of para-hydroxylation sites is 1. The maximum atomic E-state index is 12.7. The molecule has 0 spiro atoms. The molecule has 3 aromatic rings. The molecule has 1 amide bonds. The average Bonchev–Trinajstić information content (AvgIpc) is 3.14. The van der Waals surface area contributed by atoms with Crippen molar-refractivity contribution in [3.05, 3.63) is 71.3 Å². The summed E-state index contributed by atoms with van der Waals surface area (Å²) in [6.07, 6.45) is 1.75. The predicted molar refractivity (Wildman–Crippen MR) is 113 cm³/mol. The van der Waals surface area contributed by atoms with Gasteiger partial charge in [-0.2, -0.15) is 5.10 Å². The van der Waals surface area contributed by atoms with Gasteiger partial charge in [0, 0.05) is 37.4 Å². The first-order valence-corrected chi connectivity index (χ1v) is 9.92. The Bertz CT molecular complexity index is 1020. The molecule has 0 N–H and O–H groups in total. The van der Waals surface area contributed by atoms with Crippen molar-refractivity contribution in [3.8, 4) is 11.4 Å². The van der Waals surface area contributed by atoms with Gasteiger partial charge < -0.3 is 9.64 Å². The van der Waals surface area contributed by atoms with E-state index in [9.17, 15) is 4.79 Å². The molecule has 1 saturated heterocycles. The molecule has 0 bridgehead atoms. The average molecular weight is 410 g/mol. The first-order valence-electron chi connectivity index (χ1n) is 9.51. The monoisotopic (exact) mass is 409 g/mol. The summed E-state index contributed by atoms with van der Waals surface area (Å²) in [5.74, 6) is 0.801. The van der Waals surface area contributed by atoms with Gasteiger partial charge in [-0.1, -0.05) is 18.2 Å².